The highest BCUT2D eigenvalue weighted by atomic mass is 19.4. The predicted molar refractivity (Wildman–Crippen MR) is 99.4 cm³/mol. The van der Waals surface area contributed by atoms with Crippen molar-refractivity contribution in [2.45, 2.75) is 51.6 Å². The second-order valence-electron chi connectivity index (χ2n) is 7.18. The molecule has 9 heteroatoms. The van der Waals surface area contributed by atoms with Crippen molar-refractivity contribution in [1.82, 2.24) is 0 Å². The summed E-state index contributed by atoms with van der Waals surface area (Å²) < 4.78 is 93.1. The minimum atomic E-state index is -6.21. The Morgan fingerprint density at radius 1 is 0.935 bits per heavy atom. The van der Waals surface area contributed by atoms with E-state index in [1.165, 1.54) is 32.0 Å². The van der Waals surface area contributed by atoms with Gasteiger partial charge in [0.05, 0.1) is 11.6 Å². The maximum absolute atomic E-state index is 14.5. The molecule has 0 aromatic heterocycles. The molecule has 31 heavy (non-hydrogen) atoms. The van der Waals surface area contributed by atoms with E-state index in [-0.39, 0.29) is 35.1 Å². The molecule has 0 radical (unpaired) electrons. The maximum Gasteiger partial charge on any atom is 0.435 e. The SMILES string of the molecule is CCc1cc(C(F)(C(F)(F)F)C(F)(F)F)cc(C)c1CC(=O)c1ccc(C#N)c(C)c1. The molecule has 0 spiro atoms. The fourth-order valence-corrected chi connectivity index (χ4v) is 3.37. The Morgan fingerprint density at radius 2 is 1.52 bits per heavy atom. The molecular formula is C22H18F7NO. The van der Waals surface area contributed by atoms with Crippen LogP contribution in [0.1, 0.15) is 50.7 Å². The highest BCUT2D eigenvalue weighted by Crippen LogP contribution is 2.53. The van der Waals surface area contributed by atoms with Crippen LogP contribution in [0.5, 0.6) is 0 Å². The van der Waals surface area contributed by atoms with Gasteiger partial charge in [-0.05, 0) is 54.7 Å². The first-order chi connectivity index (χ1) is 14.2. The predicted octanol–water partition coefficient (Wildman–Crippen LogP) is 6.45. The smallest absolute Gasteiger partial charge is 0.294 e. The van der Waals surface area contributed by atoms with Crippen molar-refractivity contribution in [3.05, 3.63) is 69.3 Å². The quantitative estimate of drug-likeness (QED) is 0.392. The van der Waals surface area contributed by atoms with Gasteiger partial charge in [-0.2, -0.15) is 31.6 Å². The fourth-order valence-electron chi connectivity index (χ4n) is 3.37. The van der Waals surface area contributed by atoms with Crippen LogP contribution in [-0.4, -0.2) is 18.1 Å². The normalized spacial score (nSPS) is 12.5. The number of hydrogen-bond acceptors (Lipinski definition) is 2. The van der Waals surface area contributed by atoms with Crippen LogP contribution in [0.4, 0.5) is 30.7 Å². The lowest BCUT2D eigenvalue weighted by molar-refractivity contribution is -0.348. The average molecular weight is 445 g/mol. The number of halogens is 7. The zero-order chi connectivity index (χ0) is 23.8. The summed E-state index contributed by atoms with van der Waals surface area (Å²) in [5.74, 6) is -0.434. The summed E-state index contributed by atoms with van der Waals surface area (Å²) >= 11 is 0. The Kier molecular flexibility index (Phi) is 6.55. The molecule has 2 nitrogen and oxygen atoms in total. The van der Waals surface area contributed by atoms with E-state index in [9.17, 15) is 35.5 Å². The molecule has 2 aromatic carbocycles. The van der Waals surface area contributed by atoms with E-state index in [0.29, 0.717) is 23.3 Å². The molecule has 0 aliphatic heterocycles. The summed E-state index contributed by atoms with van der Waals surface area (Å²) in [6, 6.07) is 7.32. The fraction of sp³-hybridized carbons (Fsp3) is 0.364. The van der Waals surface area contributed by atoms with Gasteiger partial charge in [0, 0.05) is 17.5 Å². The van der Waals surface area contributed by atoms with Crippen molar-refractivity contribution in [2.75, 3.05) is 0 Å². The number of hydrogen-bond donors (Lipinski definition) is 0. The number of nitrogens with zero attached hydrogens (tertiary/aromatic N) is 1. The third-order valence-electron chi connectivity index (χ3n) is 5.13. The number of ketones is 1. The lowest BCUT2D eigenvalue weighted by Gasteiger charge is -2.31. The number of benzene rings is 2. The summed E-state index contributed by atoms with van der Waals surface area (Å²) in [6.45, 7) is 4.35. The minimum absolute atomic E-state index is 0.00448. The number of rotatable bonds is 5. The molecule has 0 fully saturated rings. The second-order valence-corrected chi connectivity index (χ2v) is 7.18. The highest BCUT2D eigenvalue weighted by Gasteiger charge is 2.73. The number of carbonyl (C=O) groups is 1. The number of alkyl halides is 7. The van der Waals surface area contributed by atoms with Gasteiger partial charge in [-0.15, -0.1) is 0 Å². The summed E-state index contributed by atoms with van der Waals surface area (Å²) in [7, 11) is 0. The number of carbonyl (C=O) groups excluding carboxylic acids is 1. The van der Waals surface area contributed by atoms with Gasteiger partial charge >= 0.3 is 18.0 Å². The molecule has 0 N–H and O–H groups in total. The van der Waals surface area contributed by atoms with Gasteiger partial charge in [0.15, 0.2) is 5.78 Å². The van der Waals surface area contributed by atoms with Crippen LogP contribution in [0.15, 0.2) is 30.3 Å². The van der Waals surface area contributed by atoms with Crippen LogP contribution < -0.4 is 0 Å². The van der Waals surface area contributed by atoms with Gasteiger partial charge in [-0.25, -0.2) is 4.39 Å². The zero-order valence-electron chi connectivity index (χ0n) is 16.8. The lowest BCUT2D eigenvalue weighted by Crippen LogP contribution is -2.50. The monoisotopic (exact) mass is 445 g/mol. The van der Waals surface area contributed by atoms with Crippen LogP contribution in [0.3, 0.4) is 0 Å². The molecule has 0 bridgehead atoms. The number of nitriles is 1. The van der Waals surface area contributed by atoms with Crippen molar-refractivity contribution >= 4 is 5.78 Å². The van der Waals surface area contributed by atoms with Crippen molar-refractivity contribution in [2.24, 2.45) is 0 Å². The molecule has 2 rings (SSSR count). The Bertz CT molecular complexity index is 1030. The van der Waals surface area contributed by atoms with Gasteiger partial charge < -0.3 is 0 Å². The van der Waals surface area contributed by atoms with Gasteiger partial charge in [0.1, 0.15) is 0 Å². The molecule has 0 amide bonds. The van der Waals surface area contributed by atoms with E-state index < -0.39 is 29.4 Å². The minimum Gasteiger partial charge on any atom is -0.294 e. The Morgan fingerprint density at radius 3 is 1.97 bits per heavy atom. The van der Waals surface area contributed by atoms with Crippen LogP contribution in [0.25, 0.3) is 0 Å². The second kappa shape index (κ2) is 8.33. The first kappa shape index (κ1) is 24.4. The Balaban J connectivity index is 2.54. The largest absolute Gasteiger partial charge is 0.435 e. The van der Waals surface area contributed by atoms with E-state index >= 15 is 0 Å². The Labute approximate surface area is 174 Å². The summed E-state index contributed by atoms with van der Waals surface area (Å²) in [4.78, 5) is 12.7. The van der Waals surface area contributed by atoms with Gasteiger partial charge in [-0.1, -0.05) is 25.1 Å². The molecule has 0 unspecified atom stereocenters. The third kappa shape index (κ3) is 4.43. The summed E-state index contributed by atoms with van der Waals surface area (Å²) in [5, 5.41) is 8.97. The van der Waals surface area contributed by atoms with Crippen molar-refractivity contribution in [1.29, 1.82) is 5.26 Å². The van der Waals surface area contributed by atoms with E-state index in [4.69, 9.17) is 5.26 Å². The molecule has 0 aliphatic carbocycles. The average Bonchev–Trinajstić information content (AvgIpc) is 2.66. The maximum atomic E-state index is 14.5. The van der Waals surface area contributed by atoms with Crippen LogP contribution >= 0.6 is 0 Å². The molecule has 0 heterocycles. The van der Waals surface area contributed by atoms with Crippen molar-refractivity contribution in [3.63, 3.8) is 0 Å². The van der Waals surface area contributed by atoms with E-state index in [1.807, 2.05) is 6.07 Å². The molecule has 0 aliphatic rings. The molecule has 0 saturated heterocycles. The molecule has 0 saturated carbocycles. The highest BCUT2D eigenvalue weighted by molar-refractivity contribution is 5.98. The Hall–Kier alpha value is -2.89. The van der Waals surface area contributed by atoms with E-state index in [0.717, 1.165) is 0 Å². The number of Topliss-reactive ketones (excluding diaryl/α,β-unsaturated/α-hetero) is 1. The summed E-state index contributed by atoms with van der Waals surface area (Å²) in [6.07, 6.45) is -12.7. The van der Waals surface area contributed by atoms with Crippen molar-refractivity contribution < 1.29 is 35.5 Å². The lowest BCUT2D eigenvalue weighted by atomic mass is 9.86. The topological polar surface area (TPSA) is 40.9 Å². The van der Waals surface area contributed by atoms with E-state index in [2.05, 4.69) is 0 Å². The first-order valence-electron chi connectivity index (χ1n) is 9.16. The molecule has 166 valence electrons. The van der Waals surface area contributed by atoms with Gasteiger partial charge in [0.2, 0.25) is 0 Å². The summed E-state index contributed by atoms with van der Waals surface area (Å²) in [5.41, 5.74) is -5.72. The van der Waals surface area contributed by atoms with E-state index in [1.54, 1.807) is 6.92 Å². The zero-order valence-corrected chi connectivity index (χ0v) is 16.8. The van der Waals surface area contributed by atoms with Crippen LogP contribution in [0, 0.1) is 25.2 Å². The van der Waals surface area contributed by atoms with Crippen LogP contribution in [0.2, 0.25) is 0 Å². The van der Waals surface area contributed by atoms with Gasteiger partial charge in [-0.3, -0.25) is 4.79 Å². The van der Waals surface area contributed by atoms with Crippen molar-refractivity contribution in [3.8, 4) is 6.07 Å². The molecular weight excluding hydrogens is 427 g/mol. The molecule has 2 aromatic rings. The number of aryl methyl sites for hydroxylation is 3. The van der Waals surface area contributed by atoms with Gasteiger partial charge in [0.25, 0.3) is 0 Å². The first-order valence-corrected chi connectivity index (χ1v) is 9.16. The third-order valence-corrected chi connectivity index (χ3v) is 5.13. The molecule has 0 atom stereocenters. The standard InChI is InChI=1S/C22H18F7NO/c1-4-14-9-17(20(23,21(24,25)26)22(27,28)29)8-13(3)18(14)10-19(31)15-5-6-16(11-30)12(2)7-15/h5-9H,4,10H2,1-3H3. The van der Waals surface area contributed by atoms with Crippen LogP contribution in [-0.2, 0) is 18.5 Å².